The molecule has 19 heavy (non-hydrogen) atoms. The van der Waals surface area contributed by atoms with Gasteiger partial charge in [-0.25, -0.2) is 0 Å². The standard InChI is InChI=1S/C17H24O2/c18-16(19)17(13-7-8-14-17)12-6-2-5-11-15-9-3-1-4-10-15/h1,3-4,9-10H,2,5-8,11-14H2,(H,18,19). The second-order valence-corrected chi connectivity index (χ2v) is 5.84. The van der Waals surface area contributed by atoms with Crippen molar-refractivity contribution >= 4 is 5.97 Å². The Kier molecular flexibility index (Phi) is 5.00. The van der Waals surface area contributed by atoms with Crippen LogP contribution in [0.2, 0.25) is 0 Å². The van der Waals surface area contributed by atoms with Crippen molar-refractivity contribution in [2.45, 2.75) is 57.8 Å². The van der Waals surface area contributed by atoms with Gasteiger partial charge in [0.15, 0.2) is 0 Å². The van der Waals surface area contributed by atoms with Crippen molar-refractivity contribution in [2.24, 2.45) is 5.41 Å². The highest BCUT2D eigenvalue weighted by Crippen LogP contribution is 2.42. The van der Waals surface area contributed by atoms with Gasteiger partial charge in [0.25, 0.3) is 0 Å². The average Bonchev–Trinajstić information content (AvgIpc) is 2.90. The summed E-state index contributed by atoms with van der Waals surface area (Å²) in [6, 6.07) is 10.5. The lowest BCUT2D eigenvalue weighted by atomic mass is 9.81. The van der Waals surface area contributed by atoms with Gasteiger partial charge in [-0.1, -0.05) is 56.0 Å². The van der Waals surface area contributed by atoms with Crippen LogP contribution < -0.4 is 0 Å². The van der Waals surface area contributed by atoms with Crippen LogP contribution in [-0.2, 0) is 11.2 Å². The molecule has 1 saturated carbocycles. The fourth-order valence-corrected chi connectivity index (χ4v) is 3.24. The molecule has 0 radical (unpaired) electrons. The minimum Gasteiger partial charge on any atom is -0.481 e. The van der Waals surface area contributed by atoms with Crippen molar-refractivity contribution < 1.29 is 9.90 Å². The summed E-state index contributed by atoms with van der Waals surface area (Å²) >= 11 is 0. The third kappa shape index (κ3) is 3.82. The van der Waals surface area contributed by atoms with Gasteiger partial charge in [-0.05, 0) is 37.7 Å². The third-order valence-corrected chi connectivity index (χ3v) is 4.48. The molecule has 1 N–H and O–H groups in total. The van der Waals surface area contributed by atoms with Crippen LogP contribution in [0.15, 0.2) is 30.3 Å². The molecule has 1 aliphatic carbocycles. The van der Waals surface area contributed by atoms with Crippen LogP contribution in [0.5, 0.6) is 0 Å². The van der Waals surface area contributed by atoms with Crippen molar-refractivity contribution in [1.29, 1.82) is 0 Å². The first kappa shape index (κ1) is 14.1. The Bertz CT molecular complexity index is 391. The van der Waals surface area contributed by atoms with E-state index in [0.717, 1.165) is 51.4 Å². The van der Waals surface area contributed by atoms with Crippen molar-refractivity contribution in [3.63, 3.8) is 0 Å². The molecule has 0 heterocycles. The number of aryl methyl sites for hydroxylation is 1. The second-order valence-electron chi connectivity index (χ2n) is 5.84. The number of carboxylic acid groups (broad SMARTS) is 1. The molecule has 0 bridgehead atoms. The highest BCUT2D eigenvalue weighted by molar-refractivity contribution is 5.74. The molecule has 0 aromatic heterocycles. The summed E-state index contributed by atoms with van der Waals surface area (Å²) in [7, 11) is 0. The van der Waals surface area contributed by atoms with Gasteiger partial charge in [0.2, 0.25) is 0 Å². The van der Waals surface area contributed by atoms with E-state index < -0.39 is 5.97 Å². The van der Waals surface area contributed by atoms with E-state index in [9.17, 15) is 9.90 Å². The van der Waals surface area contributed by atoms with E-state index in [1.54, 1.807) is 0 Å². The van der Waals surface area contributed by atoms with E-state index in [0.29, 0.717) is 0 Å². The molecule has 2 nitrogen and oxygen atoms in total. The van der Waals surface area contributed by atoms with Crippen molar-refractivity contribution in [3.05, 3.63) is 35.9 Å². The Hall–Kier alpha value is -1.31. The molecule has 0 spiro atoms. The fourth-order valence-electron chi connectivity index (χ4n) is 3.24. The molecule has 1 aromatic carbocycles. The smallest absolute Gasteiger partial charge is 0.309 e. The fraction of sp³-hybridized carbons (Fsp3) is 0.588. The molecule has 2 rings (SSSR count). The molecule has 0 atom stereocenters. The maximum Gasteiger partial charge on any atom is 0.309 e. The van der Waals surface area contributed by atoms with Gasteiger partial charge in [-0.3, -0.25) is 4.79 Å². The topological polar surface area (TPSA) is 37.3 Å². The SMILES string of the molecule is O=C(O)C1(CCCCCc2ccccc2)CCCC1. The van der Waals surface area contributed by atoms with Gasteiger partial charge < -0.3 is 5.11 Å². The number of hydrogen-bond acceptors (Lipinski definition) is 1. The Labute approximate surface area is 115 Å². The van der Waals surface area contributed by atoms with E-state index in [4.69, 9.17) is 0 Å². The van der Waals surface area contributed by atoms with Crippen LogP contribution in [0.3, 0.4) is 0 Å². The molecular formula is C17H24O2. The molecule has 0 saturated heterocycles. The number of unbranched alkanes of at least 4 members (excludes halogenated alkanes) is 2. The van der Waals surface area contributed by atoms with E-state index in [1.807, 2.05) is 6.07 Å². The number of rotatable bonds is 7. The van der Waals surface area contributed by atoms with Crippen molar-refractivity contribution in [1.82, 2.24) is 0 Å². The Morgan fingerprint density at radius 1 is 1.05 bits per heavy atom. The largest absolute Gasteiger partial charge is 0.481 e. The van der Waals surface area contributed by atoms with Crippen LogP contribution in [0.25, 0.3) is 0 Å². The lowest BCUT2D eigenvalue weighted by Crippen LogP contribution is -2.27. The van der Waals surface area contributed by atoms with Crippen LogP contribution in [-0.4, -0.2) is 11.1 Å². The molecule has 104 valence electrons. The number of hydrogen-bond donors (Lipinski definition) is 1. The maximum absolute atomic E-state index is 11.4. The second kappa shape index (κ2) is 6.74. The quantitative estimate of drug-likeness (QED) is 0.736. The number of carboxylic acids is 1. The van der Waals surface area contributed by atoms with Crippen LogP contribution in [0, 0.1) is 5.41 Å². The van der Waals surface area contributed by atoms with E-state index in [1.165, 1.54) is 12.0 Å². The highest BCUT2D eigenvalue weighted by Gasteiger charge is 2.40. The number of aliphatic carboxylic acids is 1. The Balaban J connectivity index is 1.67. The van der Waals surface area contributed by atoms with Gasteiger partial charge in [0.1, 0.15) is 0 Å². The molecule has 1 aliphatic rings. The zero-order chi connectivity index (χ0) is 13.6. The minimum absolute atomic E-state index is 0.382. The molecule has 0 unspecified atom stereocenters. The summed E-state index contributed by atoms with van der Waals surface area (Å²) in [5, 5.41) is 9.40. The molecule has 1 fully saturated rings. The van der Waals surface area contributed by atoms with E-state index in [-0.39, 0.29) is 5.41 Å². The molecule has 1 aromatic rings. The van der Waals surface area contributed by atoms with Gasteiger partial charge >= 0.3 is 5.97 Å². The summed E-state index contributed by atoms with van der Waals surface area (Å²) in [5.74, 6) is -0.562. The first-order valence-corrected chi connectivity index (χ1v) is 7.50. The molecule has 0 aliphatic heterocycles. The van der Waals surface area contributed by atoms with Crippen molar-refractivity contribution in [2.75, 3.05) is 0 Å². The van der Waals surface area contributed by atoms with Crippen LogP contribution in [0.1, 0.15) is 56.9 Å². The summed E-state index contributed by atoms with van der Waals surface area (Å²) in [4.78, 5) is 11.4. The molecule has 2 heteroatoms. The zero-order valence-corrected chi connectivity index (χ0v) is 11.6. The summed E-state index contributed by atoms with van der Waals surface area (Å²) < 4.78 is 0. The van der Waals surface area contributed by atoms with E-state index in [2.05, 4.69) is 24.3 Å². The van der Waals surface area contributed by atoms with Crippen LogP contribution in [0.4, 0.5) is 0 Å². The third-order valence-electron chi connectivity index (χ3n) is 4.48. The summed E-state index contributed by atoms with van der Waals surface area (Å²) in [6.45, 7) is 0. The lowest BCUT2D eigenvalue weighted by molar-refractivity contribution is -0.149. The Morgan fingerprint density at radius 3 is 2.37 bits per heavy atom. The first-order chi connectivity index (χ1) is 9.23. The normalized spacial score (nSPS) is 17.5. The van der Waals surface area contributed by atoms with Crippen LogP contribution >= 0.6 is 0 Å². The minimum atomic E-state index is -0.562. The number of carbonyl (C=O) groups is 1. The monoisotopic (exact) mass is 260 g/mol. The summed E-state index contributed by atoms with van der Waals surface area (Å²) in [6.07, 6.45) is 9.31. The maximum atomic E-state index is 11.4. The average molecular weight is 260 g/mol. The van der Waals surface area contributed by atoms with Gasteiger partial charge in [-0.15, -0.1) is 0 Å². The zero-order valence-electron chi connectivity index (χ0n) is 11.6. The molecule has 0 amide bonds. The predicted molar refractivity (Wildman–Crippen MR) is 77.2 cm³/mol. The summed E-state index contributed by atoms with van der Waals surface area (Å²) in [5.41, 5.74) is 1.00. The highest BCUT2D eigenvalue weighted by atomic mass is 16.4. The molecular weight excluding hydrogens is 236 g/mol. The number of benzene rings is 1. The lowest BCUT2D eigenvalue weighted by Gasteiger charge is -2.23. The van der Waals surface area contributed by atoms with E-state index >= 15 is 0 Å². The predicted octanol–water partition coefficient (Wildman–Crippen LogP) is 4.43. The van der Waals surface area contributed by atoms with Gasteiger partial charge in [0.05, 0.1) is 5.41 Å². The first-order valence-electron chi connectivity index (χ1n) is 7.50. The van der Waals surface area contributed by atoms with Gasteiger partial charge in [-0.2, -0.15) is 0 Å². The Morgan fingerprint density at radius 2 is 1.74 bits per heavy atom. The van der Waals surface area contributed by atoms with Crippen molar-refractivity contribution in [3.8, 4) is 0 Å². The van der Waals surface area contributed by atoms with Gasteiger partial charge in [0, 0.05) is 0 Å².